The molecule has 5 amide bonds. The maximum atomic E-state index is 13.6. The van der Waals surface area contributed by atoms with Crippen molar-refractivity contribution in [1.29, 1.82) is 0 Å². The topological polar surface area (TPSA) is 114 Å². The largest absolute Gasteiger partial charge is 0.353 e. The summed E-state index contributed by atoms with van der Waals surface area (Å²) in [6, 6.07) is 7.31. The Morgan fingerprint density at radius 3 is 2.45 bits per heavy atom. The first-order valence-corrected chi connectivity index (χ1v) is 14.0. The van der Waals surface area contributed by atoms with Crippen LogP contribution in [0.4, 0.5) is 4.79 Å². The third-order valence-corrected chi connectivity index (χ3v) is 8.54. The second kappa shape index (κ2) is 10.9. The average molecular weight is 525 g/mol. The number of hydrogen-bond donors (Lipinski definition) is 3. The number of hydrazine groups is 1. The molecule has 2 saturated carbocycles. The van der Waals surface area contributed by atoms with Crippen molar-refractivity contribution in [2.24, 2.45) is 11.8 Å². The van der Waals surface area contributed by atoms with Gasteiger partial charge in [0.2, 0.25) is 17.7 Å². The van der Waals surface area contributed by atoms with Gasteiger partial charge in [0.1, 0.15) is 6.54 Å². The zero-order valence-electron chi connectivity index (χ0n) is 22.6. The van der Waals surface area contributed by atoms with Crippen LogP contribution in [0.1, 0.15) is 69.9 Å². The number of amides is 5. The van der Waals surface area contributed by atoms with E-state index in [0.29, 0.717) is 25.8 Å². The van der Waals surface area contributed by atoms with E-state index in [1.54, 1.807) is 9.80 Å². The van der Waals surface area contributed by atoms with Crippen molar-refractivity contribution >= 4 is 23.8 Å². The van der Waals surface area contributed by atoms with Crippen LogP contribution in [0.2, 0.25) is 0 Å². The molecule has 38 heavy (non-hydrogen) atoms. The summed E-state index contributed by atoms with van der Waals surface area (Å²) in [7, 11) is 0. The molecule has 2 heterocycles. The molecule has 4 atom stereocenters. The minimum absolute atomic E-state index is 0.00636. The van der Waals surface area contributed by atoms with Crippen LogP contribution in [-0.2, 0) is 20.9 Å². The van der Waals surface area contributed by atoms with Crippen molar-refractivity contribution in [3.8, 4) is 0 Å². The third-order valence-electron chi connectivity index (χ3n) is 8.54. The Morgan fingerprint density at radius 1 is 1.05 bits per heavy atom. The van der Waals surface area contributed by atoms with Crippen molar-refractivity contribution in [3.05, 3.63) is 35.4 Å². The van der Waals surface area contributed by atoms with Gasteiger partial charge in [-0.3, -0.25) is 19.3 Å². The SMILES string of the molecule is Cc1ccc(CNC(=O)CN2NC3N(C(C)C)C(=O)C4CCC(C(=O)NC5CCCC5)CC4N3C2=O)cc1. The average Bonchev–Trinajstić information content (AvgIpc) is 3.51. The van der Waals surface area contributed by atoms with Gasteiger partial charge in [-0.15, -0.1) is 0 Å². The van der Waals surface area contributed by atoms with E-state index in [9.17, 15) is 19.2 Å². The highest BCUT2D eigenvalue weighted by molar-refractivity contribution is 5.89. The zero-order valence-corrected chi connectivity index (χ0v) is 22.6. The highest BCUT2D eigenvalue weighted by Gasteiger charge is 2.56. The molecule has 1 aromatic carbocycles. The van der Waals surface area contributed by atoms with Gasteiger partial charge in [-0.2, -0.15) is 5.43 Å². The molecule has 4 fully saturated rings. The standard InChI is InChI=1S/C28H40N6O4/c1-17(2)33-26(37)22-13-12-20(25(36)30-21-6-4-5-7-21)14-23(22)34-27(33)31-32(28(34)38)16-24(35)29-15-19-10-8-18(3)9-11-19/h8-11,17,20-23,27,31H,4-7,12-16H2,1-3H3,(H,29,35)(H,30,36). The molecule has 10 nitrogen and oxygen atoms in total. The fourth-order valence-electron chi connectivity index (χ4n) is 6.46. The van der Waals surface area contributed by atoms with E-state index in [4.69, 9.17) is 0 Å². The van der Waals surface area contributed by atoms with Crippen LogP contribution in [-0.4, -0.2) is 69.5 Å². The lowest BCUT2D eigenvalue weighted by molar-refractivity contribution is -0.162. The molecule has 1 aromatic rings. The van der Waals surface area contributed by atoms with Gasteiger partial charge in [0, 0.05) is 30.6 Å². The maximum absolute atomic E-state index is 13.6. The van der Waals surface area contributed by atoms with E-state index in [2.05, 4.69) is 16.1 Å². The van der Waals surface area contributed by atoms with Gasteiger partial charge >= 0.3 is 6.03 Å². The summed E-state index contributed by atoms with van der Waals surface area (Å²) in [5, 5.41) is 7.39. The number of aryl methyl sites for hydroxylation is 1. The van der Waals surface area contributed by atoms with E-state index in [1.165, 1.54) is 5.01 Å². The summed E-state index contributed by atoms with van der Waals surface area (Å²) in [4.78, 5) is 56.5. The number of carbonyl (C=O) groups is 4. The highest BCUT2D eigenvalue weighted by Crippen LogP contribution is 2.41. The molecular formula is C28H40N6O4. The predicted octanol–water partition coefficient (Wildman–Crippen LogP) is 2.23. The van der Waals surface area contributed by atoms with Crippen LogP contribution in [0.3, 0.4) is 0 Å². The monoisotopic (exact) mass is 524 g/mol. The normalized spacial score (nSPS) is 27.5. The summed E-state index contributed by atoms with van der Waals surface area (Å²) in [5.74, 6) is -0.812. The summed E-state index contributed by atoms with van der Waals surface area (Å²) in [5.41, 5.74) is 5.25. The van der Waals surface area contributed by atoms with Gasteiger partial charge in [-0.1, -0.05) is 42.7 Å². The van der Waals surface area contributed by atoms with E-state index < -0.39 is 6.29 Å². The minimum Gasteiger partial charge on any atom is -0.353 e. The summed E-state index contributed by atoms with van der Waals surface area (Å²) in [6.07, 6.45) is 5.32. The molecule has 4 unspecified atom stereocenters. The Morgan fingerprint density at radius 2 is 1.76 bits per heavy atom. The van der Waals surface area contributed by atoms with Crippen LogP contribution in [0.15, 0.2) is 24.3 Å². The van der Waals surface area contributed by atoms with Crippen molar-refractivity contribution in [2.75, 3.05) is 6.54 Å². The second-order valence-electron chi connectivity index (χ2n) is 11.6. The highest BCUT2D eigenvalue weighted by atomic mass is 16.2. The van der Waals surface area contributed by atoms with Crippen LogP contribution in [0.5, 0.6) is 0 Å². The Balaban J connectivity index is 1.27. The van der Waals surface area contributed by atoms with Gasteiger partial charge in [0.05, 0.1) is 5.92 Å². The van der Waals surface area contributed by atoms with Crippen LogP contribution >= 0.6 is 0 Å². The van der Waals surface area contributed by atoms with Crippen LogP contribution in [0.25, 0.3) is 0 Å². The van der Waals surface area contributed by atoms with Crippen molar-refractivity contribution in [2.45, 2.75) is 96.7 Å². The summed E-state index contributed by atoms with van der Waals surface area (Å²) in [6.45, 7) is 6.07. The molecule has 0 aromatic heterocycles. The number of benzene rings is 1. The molecule has 0 radical (unpaired) electrons. The lowest BCUT2D eigenvalue weighted by Gasteiger charge is -2.51. The number of rotatable bonds is 7. The Labute approximate surface area is 224 Å². The molecule has 10 heteroatoms. The Kier molecular flexibility index (Phi) is 7.61. The lowest BCUT2D eigenvalue weighted by Crippen LogP contribution is -2.68. The molecule has 3 N–H and O–H groups in total. The molecule has 0 spiro atoms. The quantitative estimate of drug-likeness (QED) is 0.506. The first-order valence-electron chi connectivity index (χ1n) is 14.0. The van der Waals surface area contributed by atoms with E-state index in [-0.39, 0.29) is 60.3 Å². The van der Waals surface area contributed by atoms with Gasteiger partial charge in [0.15, 0.2) is 6.29 Å². The number of urea groups is 1. The fourth-order valence-corrected chi connectivity index (χ4v) is 6.46. The van der Waals surface area contributed by atoms with Gasteiger partial charge in [-0.25, -0.2) is 9.80 Å². The van der Waals surface area contributed by atoms with Crippen LogP contribution in [0, 0.1) is 18.8 Å². The minimum atomic E-state index is -0.669. The molecular weight excluding hydrogens is 484 g/mol. The summed E-state index contributed by atoms with van der Waals surface area (Å²) < 4.78 is 0. The predicted molar refractivity (Wildman–Crippen MR) is 141 cm³/mol. The zero-order chi connectivity index (χ0) is 27.0. The smallest absolute Gasteiger partial charge is 0.337 e. The lowest BCUT2D eigenvalue weighted by atomic mass is 9.75. The Hall–Kier alpha value is -3.14. The van der Waals surface area contributed by atoms with Gasteiger partial charge < -0.3 is 15.5 Å². The molecule has 5 rings (SSSR count). The molecule has 2 aliphatic heterocycles. The Bertz CT molecular complexity index is 1070. The van der Waals surface area contributed by atoms with Crippen molar-refractivity contribution in [1.82, 2.24) is 30.9 Å². The van der Waals surface area contributed by atoms with Crippen molar-refractivity contribution in [3.63, 3.8) is 0 Å². The number of nitrogens with zero attached hydrogens (tertiary/aromatic N) is 3. The first-order chi connectivity index (χ1) is 18.2. The van der Waals surface area contributed by atoms with Gasteiger partial charge in [0.25, 0.3) is 0 Å². The summed E-state index contributed by atoms with van der Waals surface area (Å²) >= 11 is 0. The number of fused-ring (bicyclic) bond motifs is 3. The van der Waals surface area contributed by atoms with Crippen molar-refractivity contribution < 1.29 is 19.2 Å². The van der Waals surface area contributed by atoms with E-state index in [1.807, 2.05) is 45.0 Å². The second-order valence-corrected chi connectivity index (χ2v) is 11.6. The fraction of sp³-hybridized carbons (Fsp3) is 0.643. The van der Waals surface area contributed by atoms with E-state index in [0.717, 1.165) is 36.8 Å². The first kappa shape index (κ1) is 26.5. The van der Waals surface area contributed by atoms with Crippen LogP contribution < -0.4 is 16.1 Å². The van der Waals surface area contributed by atoms with Gasteiger partial charge in [-0.05, 0) is 58.4 Å². The third kappa shape index (κ3) is 5.23. The van der Waals surface area contributed by atoms with E-state index >= 15 is 0 Å². The maximum Gasteiger partial charge on any atom is 0.337 e. The molecule has 4 aliphatic rings. The molecule has 206 valence electrons. The molecule has 0 bridgehead atoms. The number of hydrogen-bond acceptors (Lipinski definition) is 5. The molecule has 2 saturated heterocycles. The number of carbonyl (C=O) groups excluding carboxylic acids is 4. The number of nitrogens with one attached hydrogen (secondary N) is 3. The molecule has 2 aliphatic carbocycles.